The summed E-state index contributed by atoms with van der Waals surface area (Å²) in [6.45, 7) is 2.71. The van der Waals surface area contributed by atoms with Gasteiger partial charge in [0.1, 0.15) is 5.69 Å². The number of amides is 1. The molecule has 174 valence electrons. The topological polar surface area (TPSA) is 108 Å². The highest BCUT2D eigenvalue weighted by Gasteiger charge is 2.15. The van der Waals surface area contributed by atoms with E-state index >= 15 is 0 Å². The Bertz CT molecular complexity index is 1480. The molecule has 0 bridgehead atoms. The van der Waals surface area contributed by atoms with Gasteiger partial charge in [0.05, 0.1) is 30.3 Å². The van der Waals surface area contributed by atoms with Crippen LogP contribution in [0.25, 0.3) is 10.9 Å². The van der Waals surface area contributed by atoms with E-state index in [1.807, 2.05) is 31.2 Å². The number of rotatable bonds is 7. The first kappa shape index (κ1) is 23.4. The van der Waals surface area contributed by atoms with Gasteiger partial charge in [0, 0.05) is 30.3 Å². The second-order valence-electron chi connectivity index (χ2n) is 7.56. The second-order valence-corrected chi connectivity index (χ2v) is 8.48. The number of benzene rings is 1. The van der Waals surface area contributed by atoms with E-state index in [1.165, 1.54) is 16.8 Å². The highest BCUT2D eigenvalue weighted by atomic mass is 79.9. The summed E-state index contributed by atoms with van der Waals surface area (Å²) in [7, 11) is 1.57. The summed E-state index contributed by atoms with van der Waals surface area (Å²) in [5.41, 5.74) is 1.12. The van der Waals surface area contributed by atoms with Crippen molar-refractivity contribution in [1.29, 1.82) is 0 Å². The predicted octanol–water partition coefficient (Wildman–Crippen LogP) is 2.63. The van der Waals surface area contributed by atoms with Crippen LogP contribution in [0.5, 0.6) is 5.88 Å². The van der Waals surface area contributed by atoms with Crippen LogP contribution < -0.4 is 21.3 Å². The number of aryl methyl sites for hydroxylation is 1. The van der Waals surface area contributed by atoms with Gasteiger partial charge >= 0.3 is 5.69 Å². The molecule has 9 nitrogen and oxygen atoms in total. The lowest BCUT2D eigenvalue weighted by molar-refractivity contribution is 0.0946. The molecular weight excluding hydrogens is 502 g/mol. The van der Waals surface area contributed by atoms with Gasteiger partial charge in [0.25, 0.3) is 11.5 Å². The van der Waals surface area contributed by atoms with Gasteiger partial charge in [-0.25, -0.2) is 14.8 Å². The molecule has 3 heterocycles. The van der Waals surface area contributed by atoms with Crippen molar-refractivity contribution in [3.05, 3.63) is 97.0 Å². The summed E-state index contributed by atoms with van der Waals surface area (Å²) in [4.78, 5) is 47.0. The molecule has 4 aromatic rings. The number of fused-ring (bicyclic) bond motifs is 1. The average molecular weight is 524 g/mol. The standard InChI is InChI=1S/C24H22BrN5O4/c1-3-34-21-10-16(8-9-26-21)12-28-22(31)19-11-18-20(13-27-19)29(2)24(33)30(23(18)32)14-15-4-6-17(25)7-5-15/h4-11,13H,3,12,14H2,1-2H3,(H,28,31). The zero-order chi connectivity index (χ0) is 24.2. The monoisotopic (exact) mass is 523 g/mol. The minimum Gasteiger partial charge on any atom is -0.478 e. The van der Waals surface area contributed by atoms with E-state index in [4.69, 9.17) is 4.74 Å². The first-order valence-corrected chi connectivity index (χ1v) is 11.4. The number of nitrogens with one attached hydrogen (secondary N) is 1. The molecule has 0 spiro atoms. The van der Waals surface area contributed by atoms with Crippen molar-refractivity contribution >= 4 is 32.7 Å². The molecular formula is C24H22BrN5O4. The maximum Gasteiger partial charge on any atom is 0.331 e. The number of carbonyl (C=O) groups excluding carboxylic acids is 1. The van der Waals surface area contributed by atoms with Crippen LogP contribution in [0.1, 0.15) is 28.5 Å². The third-order valence-corrected chi connectivity index (χ3v) is 5.80. The highest BCUT2D eigenvalue weighted by Crippen LogP contribution is 2.13. The van der Waals surface area contributed by atoms with Crippen LogP contribution in [0.3, 0.4) is 0 Å². The van der Waals surface area contributed by atoms with E-state index in [2.05, 4.69) is 31.2 Å². The first-order chi connectivity index (χ1) is 16.4. The van der Waals surface area contributed by atoms with Crippen molar-refractivity contribution in [3.63, 3.8) is 0 Å². The normalized spacial score (nSPS) is 10.9. The molecule has 34 heavy (non-hydrogen) atoms. The molecule has 0 fully saturated rings. The zero-order valence-corrected chi connectivity index (χ0v) is 20.2. The largest absolute Gasteiger partial charge is 0.478 e. The first-order valence-electron chi connectivity index (χ1n) is 10.6. The molecule has 0 unspecified atom stereocenters. The van der Waals surface area contributed by atoms with E-state index in [0.29, 0.717) is 18.0 Å². The van der Waals surface area contributed by atoms with Crippen molar-refractivity contribution < 1.29 is 9.53 Å². The summed E-state index contributed by atoms with van der Waals surface area (Å²) in [5, 5.41) is 3.03. The van der Waals surface area contributed by atoms with Gasteiger partial charge in [0.15, 0.2) is 0 Å². The maximum atomic E-state index is 13.2. The van der Waals surface area contributed by atoms with Gasteiger partial charge in [-0.3, -0.25) is 18.7 Å². The summed E-state index contributed by atoms with van der Waals surface area (Å²) in [6.07, 6.45) is 2.98. The summed E-state index contributed by atoms with van der Waals surface area (Å²) in [5.74, 6) is 0.0368. The molecule has 0 radical (unpaired) electrons. The van der Waals surface area contributed by atoms with Crippen LogP contribution in [0.4, 0.5) is 0 Å². The molecule has 0 saturated carbocycles. The van der Waals surface area contributed by atoms with Crippen LogP contribution in [-0.2, 0) is 20.1 Å². The van der Waals surface area contributed by atoms with Gasteiger partial charge in [0.2, 0.25) is 5.88 Å². The van der Waals surface area contributed by atoms with E-state index in [0.717, 1.165) is 20.2 Å². The van der Waals surface area contributed by atoms with E-state index < -0.39 is 17.2 Å². The Kier molecular flexibility index (Phi) is 6.87. The van der Waals surface area contributed by atoms with Gasteiger partial charge in [-0.1, -0.05) is 28.1 Å². The fraction of sp³-hybridized carbons (Fsp3) is 0.208. The van der Waals surface area contributed by atoms with Crippen LogP contribution in [0.2, 0.25) is 0 Å². The third-order valence-electron chi connectivity index (χ3n) is 5.27. The number of nitrogens with zero attached hydrogens (tertiary/aromatic N) is 4. The Morgan fingerprint density at radius 1 is 1.09 bits per heavy atom. The lowest BCUT2D eigenvalue weighted by Gasteiger charge is -2.12. The number of carbonyl (C=O) groups is 1. The summed E-state index contributed by atoms with van der Waals surface area (Å²) >= 11 is 3.37. The lowest BCUT2D eigenvalue weighted by Crippen LogP contribution is -2.39. The van der Waals surface area contributed by atoms with Gasteiger partial charge in [-0.05, 0) is 42.3 Å². The zero-order valence-electron chi connectivity index (χ0n) is 18.6. The number of ether oxygens (including phenoxy) is 1. The number of halogens is 1. The summed E-state index contributed by atoms with van der Waals surface area (Å²) in [6, 6.07) is 12.3. The van der Waals surface area contributed by atoms with E-state index in [1.54, 1.807) is 25.4 Å². The van der Waals surface area contributed by atoms with Crippen molar-refractivity contribution in [1.82, 2.24) is 24.4 Å². The Labute approximate surface area is 203 Å². The lowest BCUT2D eigenvalue weighted by atomic mass is 10.2. The average Bonchev–Trinajstić information content (AvgIpc) is 2.85. The minimum atomic E-state index is -0.479. The SMILES string of the molecule is CCOc1cc(CNC(=O)c2cc3c(=O)n(Cc4ccc(Br)cc4)c(=O)n(C)c3cn2)ccn1. The Hall–Kier alpha value is -3.79. The second kappa shape index (κ2) is 10.0. The van der Waals surface area contributed by atoms with Gasteiger partial charge in [-0.2, -0.15) is 0 Å². The van der Waals surface area contributed by atoms with E-state index in [-0.39, 0.29) is 24.2 Å². The molecule has 1 amide bonds. The van der Waals surface area contributed by atoms with Crippen molar-refractivity contribution in [2.75, 3.05) is 6.61 Å². The predicted molar refractivity (Wildman–Crippen MR) is 131 cm³/mol. The molecule has 0 atom stereocenters. The van der Waals surface area contributed by atoms with Gasteiger partial charge in [-0.15, -0.1) is 0 Å². The molecule has 0 saturated heterocycles. The van der Waals surface area contributed by atoms with Crippen LogP contribution in [0, 0.1) is 0 Å². The van der Waals surface area contributed by atoms with Crippen molar-refractivity contribution in [2.24, 2.45) is 7.05 Å². The smallest absolute Gasteiger partial charge is 0.331 e. The molecule has 0 aliphatic heterocycles. The fourth-order valence-corrected chi connectivity index (χ4v) is 3.76. The molecule has 10 heteroatoms. The fourth-order valence-electron chi connectivity index (χ4n) is 3.50. The molecule has 1 N–H and O–H groups in total. The highest BCUT2D eigenvalue weighted by molar-refractivity contribution is 9.10. The number of aromatic nitrogens is 4. The number of hydrogen-bond acceptors (Lipinski definition) is 6. The quantitative estimate of drug-likeness (QED) is 0.398. The molecule has 0 aliphatic rings. The van der Waals surface area contributed by atoms with Crippen LogP contribution in [0.15, 0.2) is 68.9 Å². The third kappa shape index (κ3) is 4.91. The molecule has 4 rings (SSSR count). The minimum absolute atomic E-state index is 0.0810. The van der Waals surface area contributed by atoms with E-state index in [9.17, 15) is 14.4 Å². The van der Waals surface area contributed by atoms with Crippen molar-refractivity contribution in [3.8, 4) is 5.88 Å². The Morgan fingerprint density at radius 2 is 1.85 bits per heavy atom. The van der Waals surface area contributed by atoms with Crippen LogP contribution >= 0.6 is 15.9 Å². The molecule has 1 aromatic carbocycles. The van der Waals surface area contributed by atoms with Crippen LogP contribution in [-0.4, -0.2) is 31.6 Å². The Balaban J connectivity index is 1.62. The maximum absolute atomic E-state index is 13.2. The summed E-state index contributed by atoms with van der Waals surface area (Å²) < 4.78 is 8.79. The number of hydrogen-bond donors (Lipinski definition) is 1. The molecule has 3 aromatic heterocycles. The van der Waals surface area contributed by atoms with Gasteiger partial charge < -0.3 is 10.1 Å². The molecule has 0 aliphatic carbocycles. The Morgan fingerprint density at radius 3 is 2.59 bits per heavy atom. The van der Waals surface area contributed by atoms with Crippen molar-refractivity contribution in [2.45, 2.75) is 20.0 Å². The number of pyridine rings is 2.